The van der Waals surface area contributed by atoms with Crippen LogP contribution >= 0.6 is 0 Å². The predicted octanol–water partition coefficient (Wildman–Crippen LogP) is 2.55. The molecular formula is C19H21NO3. The first kappa shape index (κ1) is 14.5. The molecule has 0 aromatic heterocycles. The van der Waals surface area contributed by atoms with Crippen LogP contribution in [0.1, 0.15) is 22.7 Å². The lowest BCUT2D eigenvalue weighted by Gasteiger charge is -2.37. The van der Waals surface area contributed by atoms with Gasteiger partial charge in [0, 0.05) is 18.7 Å². The van der Waals surface area contributed by atoms with Gasteiger partial charge in [-0.1, -0.05) is 36.4 Å². The van der Waals surface area contributed by atoms with Crippen molar-refractivity contribution >= 4 is 0 Å². The van der Waals surface area contributed by atoms with Gasteiger partial charge in [0.2, 0.25) is 0 Å². The fraction of sp³-hybridized carbons (Fsp3) is 0.368. The maximum Gasteiger partial charge on any atom is 0.165 e. The fourth-order valence-electron chi connectivity index (χ4n) is 3.58. The average Bonchev–Trinajstić information content (AvgIpc) is 2.62. The summed E-state index contributed by atoms with van der Waals surface area (Å²) in [7, 11) is 0. The van der Waals surface area contributed by atoms with E-state index in [0.29, 0.717) is 13.2 Å². The van der Waals surface area contributed by atoms with Crippen molar-refractivity contribution in [1.82, 2.24) is 4.90 Å². The molecule has 2 aliphatic heterocycles. The Kier molecular flexibility index (Phi) is 3.93. The normalized spacial score (nSPS) is 20.1. The monoisotopic (exact) mass is 311 g/mol. The second kappa shape index (κ2) is 6.22. The van der Waals surface area contributed by atoms with Crippen molar-refractivity contribution in [2.45, 2.75) is 19.0 Å². The molecule has 0 saturated heterocycles. The smallest absolute Gasteiger partial charge is 0.165 e. The van der Waals surface area contributed by atoms with Gasteiger partial charge < -0.3 is 14.6 Å². The molecule has 0 amide bonds. The molecule has 23 heavy (non-hydrogen) atoms. The SMILES string of the molecule is OCC1c2ccccc2CCN1Cc1cccc2c1OCCO2. The zero-order chi connectivity index (χ0) is 15.6. The second-order valence-corrected chi connectivity index (χ2v) is 6.06. The van der Waals surface area contributed by atoms with E-state index in [1.807, 2.05) is 18.2 Å². The lowest BCUT2D eigenvalue weighted by molar-refractivity contribution is 0.105. The standard InChI is InChI=1S/C19H21NO3/c21-13-17-16-6-2-1-4-14(16)8-9-20(17)12-15-5-3-7-18-19(15)23-11-10-22-18/h1-7,17,21H,8-13H2. The van der Waals surface area contributed by atoms with Gasteiger partial charge in [0.25, 0.3) is 0 Å². The molecule has 4 nitrogen and oxygen atoms in total. The molecule has 0 fully saturated rings. The van der Waals surface area contributed by atoms with Crippen molar-refractivity contribution in [3.8, 4) is 11.5 Å². The van der Waals surface area contributed by atoms with Crippen molar-refractivity contribution in [3.63, 3.8) is 0 Å². The number of benzene rings is 2. The minimum atomic E-state index is 0.0420. The summed E-state index contributed by atoms with van der Waals surface area (Å²) in [6.07, 6.45) is 1.01. The Labute approximate surface area is 136 Å². The quantitative estimate of drug-likeness (QED) is 0.946. The van der Waals surface area contributed by atoms with Crippen LogP contribution in [0.5, 0.6) is 11.5 Å². The number of hydrogen-bond donors (Lipinski definition) is 1. The topological polar surface area (TPSA) is 41.9 Å². The molecule has 0 saturated carbocycles. The number of aliphatic hydroxyl groups is 1. The molecule has 0 aliphatic carbocycles. The third kappa shape index (κ3) is 2.69. The van der Waals surface area contributed by atoms with E-state index in [1.54, 1.807) is 0 Å². The Morgan fingerprint density at radius 3 is 2.83 bits per heavy atom. The lowest BCUT2D eigenvalue weighted by atomic mass is 9.92. The summed E-state index contributed by atoms with van der Waals surface area (Å²) in [5.41, 5.74) is 3.71. The van der Waals surface area contributed by atoms with Crippen LogP contribution in [0.2, 0.25) is 0 Å². The molecule has 0 bridgehead atoms. The first-order valence-corrected chi connectivity index (χ1v) is 8.17. The van der Waals surface area contributed by atoms with E-state index >= 15 is 0 Å². The van der Waals surface area contributed by atoms with E-state index in [-0.39, 0.29) is 12.6 Å². The van der Waals surface area contributed by atoms with Gasteiger partial charge in [-0.05, 0) is 23.6 Å². The Balaban J connectivity index is 1.62. The van der Waals surface area contributed by atoms with E-state index < -0.39 is 0 Å². The molecule has 1 atom stereocenters. The Morgan fingerprint density at radius 1 is 1.04 bits per heavy atom. The van der Waals surface area contributed by atoms with Gasteiger partial charge in [0.1, 0.15) is 13.2 Å². The summed E-state index contributed by atoms with van der Waals surface area (Å²) in [4.78, 5) is 2.33. The third-order valence-electron chi connectivity index (χ3n) is 4.72. The van der Waals surface area contributed by atoms with Crippen LogP contribution in [0, 0.1) is 0 Å². The highest BCUT2D eigenvalue weighted by atomic mass is 16.6. The number of ether oxygens (including phenoxy) is 2. The Morgan fingerprint density at radius 2 is 1.91 bits per heavy atom. The summed E-state index contributed by atoms with van der Waals surface area (Å²) in [6, 6.07) is 14.5. The zero-order valence-electron chi connectivity index (χ0n) is 13.1. The Bertz CT molecular complexity index is 701. The summed E-state index contributed by atoms with van der Waals surface area (Å²) in [5, 5.41) is 9.93. The molecular weight excluding hydrogens is 290 g/mol. The maximum atomic E-state index is 9.93. The van der Waals surface area contributed by atoms with Gasteiger partial charge in [-0.25, -0.2) is 0 Å². The lowest BCUT2D eigenvalue weighted by Crippen LogP contribution is -2.37. The van der Waals surface area contributed by atoms with Crippen molar-refractivity contribution in [3.05, 3.63) is 59.2 Å². The van der Waals surface area contributed by atoms with Gasteiger partial charge >= 0.3 is 0 Å². The highest BCUT2D eigenvalue weighted by Gasteiger charge is 2.28. The number of rotatable bonds is 3. The van der Waals surface area contributed by atoms with Gasteiger partial charge in [-0.3, -0.25) is 4.90 Å². The summed E-state index contributed by atoms with van der Waals surface area (Å²) in [6.45, 7) is 3.02. The first-order chi connectivity index (χ1) is 11.4. The number of para-hydroxylation sites is 1. The fourth-order valence-corrected chi connectivity index (χ4v) is 3.58. The Hall–Kier alpha value is -2.04. The highest BCUT2D eigenvalue weighted by molar-refractivity contribution is 5.47. The van der Waals surface area contributed by atoms with Gasteiger partial charge in [0.15, 0.2) is 11.5 Å². The molecule has 1 unspecified atom stereocenters. The molecule has 0 spiro atoms. The summed E-state index contributed by atoms with van der Waals surface area (Å²) < 4.78 is 11.5. The largest absolute Gasteiger partial charge is 0.486 e. The van der Waals surface area contributed by atoms with Crippen molar-refractivity contribution in [2.24, 2.45) is 0 Å². The number of aliphatic hydroxyl groups excluding tert-OH is 1. The molecule has 120 valence electrons. The van der Waals surface area contributed by atoms with Crippen LogP contribution < -0.4 is 9.47 Å². The van der Waals surface area contributed by atoms with Crippen LogP contribution in [-0.4, -0.2) is 36.4 Å². The van der Waals surface area contributed by atoms with Gasteiger partial charge in [0.05, 0.1) is 12.6 Å². The van der Waals surface area contributed by atoms with Crippen molar-refractivity contribution < 1.29 is 14.6 Å². The molecule has 2 aromatic rings. The first-order valence-electron chi connectivity index (χ1n) is 8.17. The van der Waals surface area contributed by atoms with Crippen LogP contribution in [0.4, 0.5) is 0 Å². The number of hydrogen-bond acceptors (Lipinski definition) is 4. The van der Waals surface area contributed by atoms with E-state index in [1.165, 1.54) is 11.1 Å². The molecule has 4 rings (SSSR count). The average molecular weight is 311 g/mol. The van der Waals surface area contributed by atoms with E-state index in [0.717, 1.165) is 36.6 Å². The molecule has 2 aromatic carbocycles. The van der Waals surface area contributed by atoms with E-state index in [4.69, 9.17) is 9.47 Å². The zero-order valence-corrected chi connectivity index (χ0v) is 13.1. The van der Waals surface area contributed by atoms with Crippen molar-refractivity contribution in [1.29, 1.82) is 0 Å². The van der Waals surface area contributed by atoms with Crippen LogP contribution in [0.25, 0.3) is 0 Å². The van der Waals surface area contributed by atoms with Crippen LogP contribution in [0.15, 0.2) is 42.5 Å². The molecule has 4 heteroatoms. The third-order valence-corrected chi connectivity index (χ3v) is 4.72. The van der Waals surface area contributed by atoms with E-state index in [2.05, 4.69) is 29.2 Å². The molecule has 0 radical (unpaired) electrons. The van der Waals surface area contributed by atoms with Crippen LogP contribution in [0.3, 0.4) is 0 Å². The summed E-state index contributed by atoms with van der Waals surface area (Å²) in [5.74, 6) is 1.68. The predicted molar refractivity (Wildman–Crippen MR) is 87.8 cm³/mol. The highest BCUT2D eigenvalue weighted by Crippen LogP contribution is 2.37. The summed E-state index contributed by atoms with van der Waals surface area (Å²) >= 11 is 0. The minimum Gasteiger partial charge on any atom is -0.486 e. The molecule has 2 aliphatic rings. The second-order valence-electron chi connectivity index (χ2n) is 6.06. The minimum absolute atomic E-state index is 0.0420. The number of nitrogens with zero attached hydrogens (tertiary/aromatic N) is 1. The van der Waals surface area contributed by atoms with Gasteiger partial charge in [-0.2, -0.15) is 0 Å². The van der Waals surface area contributed by atoms with Crippen molar-refractivity contribution in [2.75, 3.05) is 26.4 Å². The number of fused-ring (bicyclic) bond motifs is 2. The molecule has 1 N–H and O–H groups in total. The van der Waals surface area contributed by atoms with E-state index in [9.17, 15) is 5.11 Å². The van der Waals surface area contributed by atoms with Gasteiger partial charge in [-0.15, -0.1) is 0 Å². The molecule has 2 heterocycles. The maximum absolute atomic E-state index is 9.93. The van der Waals surface area contributed by atoms with Crippen LogP contribution in [-0.2, 0) is 13.0 Å².